The minimum Gasteiger partial charge on any atom is -0.373 e. The summed E-state index contributed by atoms with van der Waals surface area (Å²) in [5, 5.41) is 6.86. The molecule has 6 nitrogen and oxygen atoms in total. The van der Waals surface area contributed by atoms with E-state index in [-0.39, 0.29) is 30.1 Å². The highest BCUT2D eigenvalue weighted by Gasteiger charge is 2.32. The molecule has 2 saturated heterocycles. The van der Waals surface area contributed by atoms with Crippen LogP contribution in [0.4, 0.5) is 5.69 Å². The lowest BCUT2D eigenvalue weighted by atomic mass is 10.2. The quantitative estimate of drug-likeness (QED) is 0.248. The van der Waals surface area contributed by atoms with Crippen LogP contribution in [0.1, 0.15) is 26.2 Å². The Balaban J connectivity index is 0.00000280. The number of rotatable bonds is 8. The van der Waals surface area contributed by atoms with Gasteiger partial charge in [0.1, 0.15) is 0 Å². The zero-order chi connectivity index (χ0) is 18.9. The summed E-state index contributed by atoms with van der Waals surface area (Å²) in [6.07, 6.45) is 3.93. The zero-order valence-corrected chi connectivity index (χ0v) is 19.6. The van der Waals surface area contributed by atoms with E-state index in [0.29, 0.717) is 6.04 Å². The van der Waals surface area contributed by atoms with Gasteiger partial charge in [-0.15, -0.1) is 24.0 Å². The Labute approximate surface area is 187 Å². The number of halogens is 1. The van der Waals surface area contributed by atoms with E-state index in [1.54, 1.807) is 0 Å². The average molecular weight is 501 g/mol. The molecule has 2 aliphatic heterocycles. The number of ether oxygens (including phenoxy) is 1. The number of hydrogen-bond donors (Lipinski definition) is 2. The highest BCUT2D eigenvalue weighted by atomic mass is 127. The Morgan fingerprint density at radius 2 is 2.11 bits per heavy atom. The van der Waals surface area contributed by atoms with Gasteiger partial charge in [-0.2, -0.15) is 0 Å². The van der Waals surface area contributed by atoms with E-state index in [1.165, 1.54) is 25.1 Å². The van der Waals surface area contributed by atoms with E-state index in [2.05, 4.69) is 62.7 Å². The summed E-state index contributed by atoms with van der Waals surface area (Å²) in [4.78, 5) is 9.33. The summed E-state index contributed by atoms with van der Waals surface area (Å²) in [6, 6.07) is 11.3. The van der Waals surface area contributed by atoms with Crippen molar-refractivity contribution in [1.29, 1.82) is 0 Å². The van der Waals surface area contributed by atoms with E-state index < -0.39 is 0 Å². The van der Waals surface area contributed by atoms with Gasteiger partial charge in [0.15, 0.2) is 5.96 Å². The van der Waals surface area contributed by atoms with Crippen molar-refractivity contribution in [2.24, 2.45) is 4.99 Å². The normalized spacial score (nSPS) is 22.3. The summed E-state index contributed by atoms with van der Waals surface area (Å²) in [7, 11) is 1.83. The molecule has 1 aromatic rings. The molecule has 158 valence electrons. The summed E-state index contributed by atoms with van der Waals surface area (Å²) >= 11 is 0. The first-order chi connectivity index (χ1) is 13.3. The molecule has 0 bridgehead atoms. The molecule has 2 N–H and O–H groups in total. The molecule has 2 unspecified atom stereocenters. The van der Waals surface area contributed by atoms with Gasteiger partial charge in [0.05, 0.1) is 12.7 Å². The fourth-order valence-corrected chi connectivity index (χ4v) is 4.03. The topological polar surface area (TPSA) is 52.1 Å². The van der Waals surface area contributed by atoms with Gasteiger partial charge < -0.3 is 20.3 Å². The molecule has 0 saturated carbocycles. The maximum Gasteiger partial charge on any atom is 0.191 e. The van der Waals surface area contributed by atoms with Crippen LogP contribution in [0.25, 0.3) is 0 Å². The largest absolute Gasteiger partial charge is 0.373 e. The summed E-state index contributed by atoms with van der Waals surface area (Å²) in [6.45, 7) is 9.13. The third-order valence-corrected chi connectivity index (χ3v) is 5.58. The highest BCUT2D eigenvalue weighted by molar-refractivity contribution is 14.0. The number of guanidine groups is 1. The van der Waals surface area contributed by atoms with Crippen molar-refractivity contribution < 1.29 is 4.74 Å². The number of fused-ring (bicyclic) bond motifs is 1. The van der Waals surface area contributed by atoms with Gasteiger partial charge in [0.2, 0.25) is 0 Å². The molecule has 1 aromatic carbocycles. The lowest BCUT2D eigenvalue weighted by Gasteiger charge is -2.35. The number of hydrogen-bond acceptors (Lipinski definition) is 4. The summed E-state index contributed by atoms with van der Waals surface area (Å²) < 4.78 is 6.01. The van der Waals surface area contributed by atoms with Gasteiger partial charge in [-0.1, -0.05) is 18.2 Å². The first kappa shape index (κ1) is 23.2. The van der Waals surface area contributed by atoms with Crippen molar-refractivity contribution in [3.05, 3.63) is 30.3 Å². The lowest BCUT2D eigenvalue weighted by Crippen LogP contribution is -2.51. The van der Waals surface area contributed by atoms with Crippen LogP contribution in [0.15, 0.2) is 35.3 Å². The molecular weight excluding hydrogens is 465 g/mol. The molecule has 7 heteroatoms. The van der Waals surface area contributed by atoms with Crippen LogP contribution in [0.2, 0.25) is 0 Å². The number of aliphatic imine (C=N–C) groups is 1. The van der Waals surface area contributed by atoms with Crippen molar-refractivity contribution in [2.75, 3.05) is 57.8 Å². The minimum atomic E-state index is 0. The second kappa shape index (κ2) is 12.5. The van der Waals surface area contributed by atoms with E-state index in [1.807, 2.05) is 7.05 Å². The maximum atomic E-state index is 6.01. The highest BCUT2D eigenvalue weighted by Crippen LogP contribution is 2.22. The van der Waals surface area contributed by atoms with Gasteiger partial charge in [-0.25, -0.2) is 0 Å². The monoisotopic (exact) mass is 501 g/mol. The Morgan fingerprint density at radius 3 is 2.86 bits per heavy atom. The first-order valence-corrected chi connectivity index (χ1v) is 10.4. The molecule has 28 heavy (non-hydrogen) atoms. The van der Waals surface area contributed by atoms with Crippen LogP contribution in [-0.4, -0.2) is 75.9 Å². The van der Waals surface area contributed by atoms with Crippen molar-refractivity contribution in [1.82, 2.24) is 15.5 Å². The third kappa shape index (κ3) is 6.77. The Bertz CT molecular complexity index is 585. The van der Waals surface area contributed by atoms with Crippen LogP contribution >= 0.6 is 24.0 Å². The van der Waals surface area contributed by atoms with Gasteiger partial charge in [-0.05, 0) is 44.9 Å². The molecule has 0 spiro atoms. The molecule has 2 fully saturated rings. The Hall–Kier alpha value is -1.06. The predicted octanol–water partition coefficient (Wildman–Crippen LogP) is 2.55. The van der Waals surface area contributed by atoms with E-state index in [9.17, 15) is 0 Å². The second-order valence-corrected chi connectivity index (χ2v) is 7.39. The van der Waals surface area contributed by atoms with Crippen molar-refractivity contribution in [2.45, 2.75) is 38.3 Å². The number of morpholine rings is 1. The fraction of sp³-hybridized carbons (Fsp3) is 0.667. The molecule has 3 rings (SSSR count). The van der Waals surface area contributed by atoms with Gasteiger partial charge >= 0.3 is 0 Å². The number of nitrogens with one attached hydrogen (secondary N) is 2. The lowest BCUT2D eigenvalue weighted by molar-refractivity contribution is -0.0453. The second-order valence-electron chi connectivity index (χ2n) is 7.39. The van der Waals surface area contributed by atoms with Gasteiger partial charge in [0, 0.05) is 51.5 Å². The predicted molar refractivity (Wildman–Crippen MR) is 128 cm³/mol. The van der Waals surface area contributed by atoms with Crippen molar-refractivity contribution in [3.63, 3.8) is 0 Å². The number of benzene rings is 1. The van der Waals surface area contributed by atoms with Crippen LogP contribution < -0.4 is 15.5 Å². The number of para-hydroxylation sites is 1. The molecule has 0 aromatic heterocycles. The average Bonchev–Trinajstić information content (AvgIpc) is 3.19. The molecule has 0 aliphatic carbocycles. The molecular formula is C21H36IN5O. The summed E-state index contributed by atoms with van der Waals surface area (Å²) in [5.74, 6) is 0.866. The SMILES string of the molecule is CCN(CCCNC(=NC)NCC1CN2CCCC2CO1)c1ccccc1.I. The maximum absolute atomic E-state index is 6.01. The molecule has 0 radical (unpaired) electrons. The van der Waals surface area contributed by atoms with E-state index in [4.69, 9.17) is 4.74 Å². The van der Waals surface area contributed by atoms with Crippen molar-refractivity contribution in [3.8, 4) is 0 Å². The van der Waals surface area contributed by atoms with Gasteiger partial charge in [0.25, 0.3) is 0 Å². The Kier molecular flexibility index (Phi) is 10.4. The van der Waals surface area contributed by atoms with Gasteiger partial charge in [-0.3, -0.25) is 9.89 Å². The molecule has 2 atom stereocenters. The number of nitrogens with zero attached hydrogens (tertiary/aromatic N) is 3. The minimum absolute atomic E-state index is 0. The van der Waals surface area contributed by atoms with E-state index in [0.717, 1.165) is 51.7 Å². The first-order valence-electron chi connectivity index (χ1n) is 10.4. The molecule has 2 heterocycles. The Morgan fingerprint density at radius 1 is 1.29 bits per heavy atom. The zero-order valence-electron chi connectivity index (χ0n) is 17.3. The van der Waals surface area contributed by atoms with Crippen LogP contribution in [0, 0.1) is 0 Å². The van der Waals surface area contributed by atoms with Crippen LogP contribution in [-0.2, 0) is 4.74 Å². The number of anilines is 1. The standard InChI is InChI=1S/C21H35N5O.HI/c1-3-25(18-9-5-4-6-10-18)14-8-12-23-21(22-2)24-15-20-16-26-13-7-11-19(26)17-27-20;/h4-6,9-10,19-20H,3,7-8,11-17H2,1-2H3,(H2,22,23,24);1H. The van der Waals surface area contributed by atoms with Crippen LogP contribution in [0.5, 0.6) is 0 Å². The fourth-order valence-electron chi connectivity index (χ4n) is 4.03. The summed E-state index contributed by atoms with van der Waals surface area (Å²) in [5.41, 5.74) is 1.29. The van der Waals surface area contributed by atoms with Crippen molar-refractivity contribution >= 4 is 35.6 Å². The van der Waals surface area contributed by atoms with E-state index >= 15 is 0 Å². The third-order valence-electron chi connectivity index (χ3n) is 5.58. The smallest absolute Gasteiger partial charge is 0.191 e. The molecule has 0 amide bonds. The molecule has 2 aliphatic rings. The van der Waals surface area contributed by atoms with Crippen LogP contribution in [0.3, 0.4) is 0 Å².